The van der Waals surface area contributed by atoms with Crippen molar-refractivity contribution in [1.82, 2.24) is 4.90 Å². The number of piperidine rings is 1. The molecular formula is C15H22N2O2. The number of nitrogens with two attached hydrogens (primary N) is 1. The molecular weight excluding hydrogens is 240 g/mol. The quantitative estimate of drug-likeness (QED) is 0.880. The zero-order chi connectivity index (χ0) is 13.7. The van der Waals surface area contributed by atoms with Gasteiger partial charge in [0.25, 0.3) is 0 Å². The summed E-state index contributed by atoms with van der Waals surface area (Å²) in [4.78, 5) is 13.5. The minimum Gasteiger partial charge on any atom is -0.494 e. The molecule has 1 heterocycles. The van der Waals surface area contributed by atoms with Crippen molar-refractivity contribution in [2.45, 2.75) is 26.3 Å². The maximum atomic E-state index is 11.1. The number of ether oxygens (including phenoxy) is 1. The minimum absolute atomic E-state index is 0.0663. The number of likely N-dealkylation sites (tertiary alicyclic amines) is 1. The van der Waals surface area contributed by atoms with Gasteiger partial charge in [0.1, 0.15) is 5.75 Å². The van der Waals surface area contributed by atoms with E-state index in [1.165, 1.54) is 5.56 Å². The zero-order valence-electron chi connectivity index (χ0n) is 11.5. The summed E-state index contributed by atoms with van der Waals surface area (Å²) in [6.07, 6.45) is 1.76. The molecule has 0 unspecified atom stereocenters. The van der Waals surface area contributed by atoms with E-state index in [0.29, 0.717) is 6.61 Å². The number of hydrogen-bond acceptors (Lipinski definition) is 3. The van der Waals surface area contributed by atoms with Crippen LogP contribution >= 0.6 is 0 Å². The van der Waals surface area contributed by atoms with Gasteiger partial charge >= 0.3 is 0 Å². The van der Waals surface area contributed by atoms with Crippen LogP contribution in [0.1, 0.15) is 25.3 Å². The second kappa shape index (κ2) is 6.57. The van der Waals surface area contributed by atoms with E-state index < -0.39 is 0 Å². The number of primary amides is 1. The second-order valence-corrected chi connectivity index (χ2v) is 5.03. The van der Waals surface area contributed by atoms with E-state index in [2.05, 4.69) is 17.0 Å². The van der Waals surface area contributed by atoms with Crippen LogP contribution in [0.2, 0.25) is 0 Å². The van der Waals surface area contributed by atoms with Crippen molar-refractivity contribution in [3.05, 3.63) is 29.8 Å². The van der Waals surface area contributed by atoms with Gasteiger partial charge in [-0.1, -0.05) is 12.1 Å². The van der Waals surface area contributed by atoms with Gasteiger partial charge in [0.2, 0.25) is 5.91 Å². The summed E-state index contributed by atoms with van der Waals surface area (Å²) in [5.41, 5.74) is 6.62. The van der Waals surface area contributed by atoms with Crippen LogP contribution in [0.5, 0.6) is 5.75 Å². The molecule has 1 aromatic carbocycles. The van der Waals surface area contributed by atoms with Crippen molar-refractivity contribution in [2.75, 3.05) is 19.7 Å². The van der Waals surface area contributed by atoms with Crippen molar-refractivity contribution in [3.8, 4) is 5.75 Å². The highest BCUT2D eigenvalue weighted by Gasteiger charge is 2.22. The molecule has 1 aromatic rings. The van der Waals surface area contributed by atoms with Crippen molar-refractivity contribution in [1.29, 1.82) is 0 Å². The molecule has 19 heavy (non-hydrogen) atoms. The molecule has 1 aliphatic heterocycles. The molecule has 1 fully saturated rings. The molecule has 2 N–H and O–H groups in total. The van der Waals surface area contributed by atoms with Gasteiger partial charge in [-0.15, -0.1) is 0 Å². The van der Waals surface area contributed by atoms with Crippen LogP contribution in [0.15, 0.2) is 24.3 Å². The van der Waals surface area contributed by atoms with Crippen LogP contribution in [0.3, 0.4) is 0 Å². The van der Waals surface area contributed by atoms with Crippen molar-refractivity contribution in [3.63, 3.8) is 0 Å². The Kier molecular flexibility index (Phi) is 4.80. The minimum atomic E-state index is -0.152. The lowest BCUT2D eigenvalue weighted by atomic mass is 9.96. The van der Waals surface area contributed by atoms with Gasteiger partial charge in [-0.25, -0.2) is 0 Å². The monoisotopic (exact) mass is 262 g/mol. The third kappa shape index (κ3) is 3.96. The molecule has 1 aliphatic rings. The Bertz CT molecular complexity index is 409. The summed E-state index contributed by atoms with van der Waals surface area (Å²) in [6, 6.07) is 8.22. The van der Waals surface area contributed by atoms with E-state index in [4.69, 9.17) is 10.5 Å². The van der Waals surface area contributed by atoms with E-state index in [1.807, 2.05) is 19.1 Å². The molecule has 1 amide bonds. The number of carbonyl (C=O) groups excluding carboxylic acids is 1. The molecule has 4 heteroatoms. The molecule has 2 rings (SSSR count). The number of carbonyl (C=O) groups is 1. The molecule has 0 aromatic heterocycles. The first-order valence-electron chi connectivity index (χ1n) is 6.92. The normalized spacial score (nSPS) is 17.3. The largest absolute Gasteiger partial charge is 0.494 e. The Balaban J connectivity index is 1.83. The van der Waals surface area contributed by atoms with E-state index in [1.54, 1.807) is 0 Å². The number of amides is 1. The number of nitrogens with zero attached hydrogens (tertiary/aromatic N) is 1. The average Bonchev–Trinajstić information content (AvgIpc) is 2.42. The highest BCUT2D eigenvalue weighted by molar-refractivity contribution is 5.76. The highest BCUT2D eigenvalue weighted by Crippen LogP contribution is 2.19. The number of benzene rings is 1. The van der Waals surface area contributed by atoms with Gasteiger partial charge in [-0.3, -0.25) is 9.69 Å². The lowest BCUT2D eigenvalue weighted by Crippen LogP contribution is -2.38. The fourth-order valence-electron chi connectivity index (χ4n) is 2.49. The van der Waals surface area contributed by atoms with E-state index in [9.17, 15) is 4.79 Å². The Hall–Kier alpha value is -1.55. The molecule has 0 spiro atoms. The van der Waals surface area contributed by atoms with Crippen LogP contribution < -0.4 is 10.5 Å². The van der Waals surface area contributed by atoms with Crippen molar-refractivity contribution in [2.24, 2.45) is 11.7 Å². The smallest absolute Gasteiger partial charge is 0.220 e. The Labute approximate surface area is 114 Å². The summed E-state index contributed by atoms with van der Waals surface area (Å²) < 4.78 is 5.43. The third-order valence-electron chi connectivity index (χ3n) is 3.63. The first-order chi connectivity index (χ1) is 9.19. The van der Waals surface area contributed by atoms with Gasteiger partial charge in [0.15, 0.2) is 0 Å². The fourth-order valence-corrected chi connectivity index (χ4v) is 2.49. The molecule has 104 valence electrons. The summed E-state index contributed by atoms with van der Waals surface area (Å²) >= 11 is 0. The third-order valence-corrected chi connectivity index (χ3v) is 3.63. The van der Waals surface area contributed by atoms with Gasteiger partial charge in [0.05, 0.1) is 6.61 Å². The summed E-state index contributed by atoms with van der Waals surface area (Å²) in [5, 5.41) is 0. The first kappa shape index (κ1) is 13.9. The number of hydrogen-bond donors (Lipinski definition) is 1. The fraction of sp³-hybridized carbons (Fsp3) is 0.533. The molecule has 0 radical (unpaired) electrons. The molecule has 1 saturated heterocycles. The summed E-state index contributed by atoms with van der Waals surface area (Å²) in [5.74, 6) is 0.830. The van der Waals surface area contributed by atoms with Crippen LogP contribution in [0.25, 0.3) is 0 Å². The predicted octanol–water partition coefficient (Wildman–Crippen LogP) is 1.78. The predicted molar refractivity (Wildman–Crippen MR) is 74.8 cm³/mol. The van der Waals surface area contributed by atoms with E-state index in [-0.39, 0.29) is 11.8 Å². The molecule has 0 aliphatic carbocycles. The lowest BCUT2D eigenvalue weighted by Gasteiger charge is -2.30. The molecule has 4 nitrogen and oxygen atoms in total. The van der Waals surface area contributed by atoms with Gasteiger partial charge in [0, 0.05) is 12.5 Å². The van der Waals surface area contributed by atoms with Gasteiger partial charge in [-0.05, 0) is 50.6 Å². The Morgan fingerprint density at radius 2 is 1.95 bits per heavy atom. The lowest BCUT2D eigenvalue weighted by molar-refractivity contribution is -0.123. The SMILES string of the molecule is CCOc1ccc(CN2CCC(C(N)=O)CC2)cc1. The van der Waals surface area contributed by atoms with Crippen LogP contribution in [0, 0.1) is 5.92 Å². The van der Waals surface area contributed by atoms with Crippen molar-refractivity contribution >= 4 is 5.91 Å². The Morgan fingerprint density at radius 3 is 2.47 bits per heavy atom. The average molecular weight is 262 g/mol. The van der Waals surface area contributed by atoms with Crippen LogP contribution in [0.4, 0.5) is 0 Å². The zero-order valence-corrected chi connectivity index (χ0v) is 11.5. The van der Waals surface area contributed by atoms with E-state index >= 15 is 0 Å². The molecule has 0 atom stereocenters. The number of rotatable bonds is 5. The van der Waals surface area contributed by atoms with Gasteiger partial charge in [-0.2, -0.15) is 0 Å². The van der Waals surface area contributed by atoms with E-state index in [0.717, 1.165) is 38.2 Å². The standard InChI is InChI=1S/C15H22N2O2/c1-2-19-14-5-3-12(4-6-14)11-17-9-7-13(8-10-17)15(16)18/h3-6,13H,2,7-11H2,1H3,(H2,16,18). The molecule has 0 bridgehead atoms. The molecule has 0 saturated carbocycles. The second-order valence-electron chi connectivity index (χ2n) is 5.03. The maximum absolute atomic E-state index is 11.1. The van der Waals surface area contributed by atoms with Crippen LogP contribution in [-0.2, 0) is 11.3 Å². The summed E-state index contributed by atoms with van der Waals surface area (Å²) in [6.45, 7) is 5.50. The topological polar surface area (TPSA) is 55.6 Å². The first-order valence-corrected chi connectivity index (χ1v) is 6.92. The maximum Gasteiger partial charge on any atom is 0.220 e. The van der Waals surface area contributed by atoms with Crippen molar-refractivity contribution < 1.29 is 9.53 Å². The highest BCUT2D eigenvalue weighted by atomic mass is 16.5. The Morgan fingerprint density at radius 1 is 1.32 bits per heavy atom. The summed E-state index contributed by atoms with van der Waals surface area (Å²) in [7, 11) is 0. The van der Waals surface area contributed by atoms with Crippen LogP contribution in [-0.4, -0.2) is 30.5 Å². The van der Waals surface area contributed by atoms with Gasteiger partial charge < -0.3 is 10.5 Å².